The van der Waals surface area contributed by atoms with Crippen LogP contribution in [-0.2, 0) is 9.53 Å². The Hall–Kier alpha value is -2.88. The van der Waals surface area contributed by atoms with Gasteiger partial charge in [-0.25, -0.2) is 9.79 Å². The van der Waals surface area contributed by atoms with Crippen LogP contribution in [0.5, 0.6) is 0 Å². The number of aliphatic imine (C=N–C) groups is 1. The Balaban J connectivity index is 1.83. The Morgan fingerprint density at radius 3 is 2.24 bits per heavy atom. The second-order valence-corrected chi connectivity index (χ2v) is 5.97. The molecule has 1 aliphatic heterocycles. The van der Waals surface area contributed by atoms with Gasteiger partial charge in [0.15, 0.2) is 5.70 Å². The third-order valence-corrected chi connectivity index (χ3v) is 4.24. The molecule has 0 N–H and O–H groups in total. The molecule has 0 aromatic heterocycles. The molecular weight excluding hydrogens is 312 g/mol. The molecule has 2 aromatic carbocycles. The van der Waals surface area contributed by atoms with Crippen LogP contribution in [-0.4, -0.2) is 25.0 Å². The average Bonchev–Trinajstić information content (AvgIpc) is 2.99. The van der Waals surface area contributed by atoms with Gasteiger partial charge in [-0.3, -0.25) is 0 Å². The molecule has 4 nitrogen and oxygen atoms in total. The molecule has 0 fully saturated rings. The van der Waals surface area contributed by atoms with Crippen LogP contribution in [0.4, 0.5) is 5.69 Å². The van der Waals surface area contributed by atoms with Crippen LogP contribution < -0.4 is 4.90 Å². The van der Waals surface area contributed by atoms with Gasteiger partial charge in [0.2, 0.25) is 5.90 Å². The quantitative estimate of drug-likeness (QED) is 0.608. The predicted octanol–water partition coefficient (Wildman–Crippen LogP) is 4.19. The highest BCUT2D eigenvalue weighted by molar-refractivity contribution is 6.12. The Kier molecular flexibility index (Phi) is 4.98. The lowest BCUT2D eigenvalue weighted by Gasteiger charge is -2.20. The van der Waals surface area contributed by atoms with Gasteiger partial charge in [-0.15, -0.1) is 0 Å². The molecule has 0 aliphatic carbocycles. The van der Waals surface area contributed by atoms with Crippen LogP contribution in [0.15, 0.2) is 59.2 Å². The van der Waals surface area contributed by atoms with E-state index in [0.717, 1.165) is 29.8 Å². The van der Waals surface area contributed by atoms with Crippen molar-refractivity contribution in [1.82, 2.24) is 0 Å². The molecule has 0 saturated heterocycles. The number of hydrogen-bond acceptors (Lipinski definition) is 4. The number of esters is 1. The first-order chi connectivity index (χ1) is 12.1. The standard InChI is InChI=1S/C21H22N2O2/c1-4-23(5-2)18-12-8-16(9-13-18)14-19-21(24)25-20(22-19)17-10-6-15(3)7-11-17/h6-14H,4-5H2,1-3H3. The summed E-state index contributed by atoms with van der Waals surface area (Å²) in [5.41, 5.74) is 4.38. The molecule has 4 heteroatoms. The summed E-state index contributed by atoms with van der Waals surface area (Å²) in [6.45, 7) is 8.21. The number of carbonyl (C=O) groups excluding carboxylic acids is 1. The van der Waals surface area contributed by atoms with Crippen LogP contribution in [0.2, 0.25) is 0 Å². The topological polar surface area (TPSA) is 41.9 Å². The van der Waals surface area contributed by atoms with Crippen LogP contribution in [0.3, 0.4) is 0 Å². The van der Waals surface area contributed by atoms with Crippen molar-refractivity contribution < 1.29 is 9.53 Å². The third kappa shape index (κ3) is 3.79. The molecule has 3 rings (SSSR count). The smallest absolute Gasteiger partial charge is 0.363 e. The van der Waals surface area contributed by atoms with Crippen molar-refractivity contribution in [3.63, 3.8) is 0 Å². The number of cyclic esters (lactones) is 1. The first kappa shape index (κ1) is 17.0. The Bertz CT molecular complexity index is 814. The molecule has 1 aliphatic rings. The minimum atomic E-state index is -0.414. The van der Waals surface area contributed by atoms with Gasteiger partial charge < -0.3 is 9.64 Å². The summed E-state index contributed by atoms with van der Waals surface area (Å²) >= 11 is 0. The summed E-state index contributed by atoms with van der Waals surface area (Å²) < 4.78 is 5.30. The van der Waals surface area contributed by atoms with Gasteiger partial charge in [-0.05, 0) is 56.7 Å². The number of hydrogen-bond donors (Lipinski definition) is 0. The van der Waals surface area contributed by atoms with Crippen molar-refractivity contribution in [2.45, 2.75) is 20.8 Å². The Morgan fingerprint density at radius 2 is 1.64 bits per heavy atom. The van der Waals surface area contributed by atoms with Crippen molar-refractivity contribution in [3.05, 3.63) is 70.9 Å². The number of nitrogens with zero attached hydrogens (tertiary/aromatic N) is 2. The van der Waals surface area contributed by atoms with Crippen molar-refractivity contribution in [1.29, 1.82) is 0 Å². The zero-order chi connectivity index (χ0) is 17.8. The second kappa shape index (κ2) is 7.34. The lowest BCUT2D eigenvalue weighted by atomic mass is 10.1. The van der Waals surface area contributed by atoms with E-state index >= 15 is 0 Å². The van der Waals surface area contributed by atoms with E-state index in [4.69, 9.17) is 4.74 Å². The zero-order valence-electron chi connectivity index (χ0n) is 14.8. The fourth-order valence-corrected chi connectivity index (χ4v) is 2.76. The molecule has 0 amide bonds. The van der Waals surface area contributed by atoms with Crippen molar-refractivity contribution in [2.24, 2.45) is 4.99 Å². The molecule has 0 radical (unpaired) electrons. The molecule has 0 atom stereocenters. The van der Waals surface area contributed by atoms with Gasteiger partial charge in [-0.1, -0.05) is 29.8 Å². The average molecular weight is 334 g/mol. The number of benzene rings is 2. The molecular formula is C21H22N2O2. The van der Waals surface area contributed by atoms with Crippen molar-refractivity contribution in [3.8, 4) is 0 Å². The number of ether oxygens (including phenoxy) is 1. The SMILES string of the molecule is CCN(CC)c1ccc(C=C2N=C(c3ccc(C)cc3)OC2=O)cc1. The van der Waals surface area contributed by atoms with Gasteiger partial charge in [0, 0.05) is 24.3 Å². The van der Waals surface area contributed by atoms with E-state index in [9.17, 15) is 4.79 Å². The van der Waals surface area contributed by atoms with E-state index < -0.39 is 5.97 Å². The van der Waals surface area contributed by atoms with Gasteiger partial charge in [-0.2, -0.15) is 0 Å². The van der Waals surface area contributed by atoms with Gasteiger partial charge in [0.05, 0.1) is 0 Å². The number of aryl methyl sites for hydroxylation is 1. The van der Waals surface area contributed by atoms with E-state index in [-0.39, 0.29) is 0 Å². The summed E-state index contributed by atoms with van der Waals surface area (Å²) in [4.78, 5) is 18.7. The van der Waals surface area contributed by atoms with Gasteiger partial charge in [0.1, 0.15) is 0 Å². The summed E-state index contributed by atoms with van der Waals surface area (Å²) in [5, 5.41) is 0. The van der Waals surface area contributed by atoms with Crippen molar-refractivity contribution in [2.75, 3.05) is 18.0 Å². The van der Waals surface area contributed by atoms with E-state index in [2.05, 4.69) is 35.9 Å². The molecule has 0 unspecified atom stereocenters. The minimum Gasteiger partial charge on any atom is -0.402 e. The second-order valence-electron chi connectivity index (χ2n) is 5.97. The van der Waals surface area contributed by atoms with Gasteiger partial charge in [0.25, 0.3) is 0 Å². The molecule has 0 saturated carbocycles. The third-order valence-electron chi connectivity index (χ3n) is 4.24. The lowest BCUT2D eigenvalue weighted by Crippen LogP contribution is -2.21. The molecule has 128 valence electrons. The van der Waals surface area contributed by atoms with Crippen LogP contribution in [0.1, 0.15) is 30.5 Å². The molecule has 2 aromatic rings. The lowest BCUT2D eigenvalue weighted by molar-refractivity contribution is -0.129. The Labute approximate surface area is 148 Å². The zero-order valence-corrected chi connectivity index (χ0v) is 14.8. The van der Waals surface area contributed by atoms with Crippen LogP contribution in [0, 0.1) is 6.92 Å². The number of anilines is 1. The highest BCUT2D eigenvalue weighted by Gasteiger charge is 2.23. The summed E-state index contributed by atoms with van der Waals surface area (Å²) in [5.74, 6) is -0.0561. The largest absolute Gasteiger partial charge is 0.402 e. The Morgan fingerprint density at radius 1 is 1.00 bits per heavy atom. The number of carbonyl (C=O) groups is 1. The maximum atomic E-state index is 12.1. The molecule has 0 bridgehead atoms. The first-order valence-electron chi connectivity index (χ1n) is 8.55. The highest BCUT2D eigenvalue weighted by Crippen LogP contribution is 2.21. The maximum absolute atomic E-state index is 12.1. The fraction of sp³-hybridized carbons (Fsp3) is 0.238. The van der Waals surface area contributed by atoms with Crippen LogP contribution >= 0.6 is 0 Å². The first-order valence-corrected chi connectivity index (χ1v) is 8.55. The van der Waals surface area contributed by atoms with Gasteiger partial charge >= 0.3 is 5.97 Å². The normalized spacial score (nSPS) is 15.2. The summed E-state index contributed by atoms with van der Waals surface area (Å²) in [6.07, 6.45) is 1.76. The van der Waals surface area contributed by atoms with Crippen LogP contribution in [0.25, 0.3) is 6.08 Å². The summed E-state index contributed by atoms with van der Waals surface area (Å²) in [7, 11) is 0. The fourth-order valence-electron chi connectivity index (χ4n) is 2.76. The molecule has 1 heterocycles. The van der Waals surface area contributed by atoms with E-state index in [0.29, 0.717) is 11.6 Å². The minimum absolute atomic E-state index is 0.325. The molecule has 25 heavy (non-hydrogen) atoms. The van der Waals surface area contributed by atoms with E-state index in [1.807, 2.05) is 43.3 Å². The van der Waals surface area contributed by atoms with E-state index in [1.165, 1.54) is 5.69 Å². The van der Waals surface area contributed by atoms with E-state index in [1.54, 1.807) is 6.08 Å². The summed E-state index contributed by atoms with van der Waals surface area (Å²) in [6, 6.07) is 15.9. The van der Waals surface area contributed by atoms with Crippen molar-refractivity contribution >= 4 is 23.6 Å². The highest BCUT2D eigenvalue weighted by atomic mass is 16.6. The monoisotopic (exact) mass is 334 g/mol. The predicted molar refractivity (Wildman–Crippen MR) is 102 cm³/mol. The molecule has 0 spiro atoms. The maximum Gasteiger partial charge on any atom is 0.363 e. The number of rotatable bonds is 5.